The molecule has 43 heavy (non-hydrogen) atoms. The van der Waals surface area contributed by atoms with E-state index in [1.807, 2.05) is 53.4 Å². The molecule has 0 aromatic heterocycles. The minimum atomic E-state index is -0.606. The number of nitrogens with zero attached hydrogens (tertiary/aromatic N) is 3. The van der Waals surface area contributed by atoms with Gasteiger partial charge in [0.1, 0.15) is 6.23 Å². The molecule has 3 heterocycles. The number of hydrogen-bond donors (Lipinski definition) is 3. The molecule has 0 aliphatic carbocycles. The third-order valence-electron chi connectivity index (χ3n) is 9.34. The summed E-state index contributed by atoms with van der Waals surface area (Å²) in [4.78, 5) is 21.0. The Labute approximate surface area is 260 Å². The number of para-hydroxylation sites is 1. The first-order valence-electron chi connectivity index (χ1n) is 15.7. The maximum Gasteiger partial charge on any atom is 0.244 e. The van der Waals surface area contributed by atoms with Gasteiger partial charge in [0.05, 0.1) is 6.04 Å². The maximum absolute atomic E-state index is 14.7. The molecular formula is C35H44ClN5O2. The zero-order valence-corrected chi connectivity index (χ0v) is 26.0. The van der Waals surface area contributed by atoms with Crippen molar-refractivity contribution in [2.45, 2.75) is 49.9 Å². The summed E-state index contributed by atoms with van der Waals surface area (Å²) >= 11 is 6.43. The number of benzene rings is 3. The van der Waals surface area contributed by atoms with Gasteiger partial charge in [-0.25, -0.2) is 0 Å². The highest BCUT2D eigenvalue weighted by Crippen LogP contribution is 2.37. The van der Waals surface area contributed by atoms with Gasteiger partial charge in [-0.3, -0.25) is 9.69 Å². The first-order valence-corrected chi connectivity index (χ1v) is 16.0. The lowest BCUT2D eigenvalue weighted by molar-refractivity contribution is -0.121. The molecule has 0 radical (unpaired) electrons. The standard InChI is InChI=1S/C35H44ClN5O2/c1-39(2)22-24-18-26-19-28(36)12-13-33(26)41(23-24)35(43)32(20-27-21-37-31-11-7-6-10-30(27)31)38-29-14-16-40(17-15-29)34(42)25-8-4-3-5-9-25/h3-13,19,24,27,29,32,34,37-38,42H,14-18,20-23H2,1-2H3/t24-,27?,32-,34?/m1/s1. The average Bonchev–Trinajstić information content (AvgIpc) is 3.42. The number of carbonyl (C=O) groups is 1. The van der Waals surface area contributed by atoms with Crippen LogP contribution in [0.15, 0.2) is 72.8 Å². The van der Waals surface area contributed by atoms with E-state index in [1.54, 1.807) is 0 Å². The topological polar surface area (TPSA) is 71.1 Å². The lowest BCUT2D eigenvalue weighted by Gasteiger charge is -2.40. The molecule has 3 aliphatic rings. The van der Waals surface area contributed by atoms with E-state index in [4.69, 9.17) is 11.6 Å². The third kappa shape index (κ3) is 6.92. The molecule has 0 saturated carbocycles. The fourth-order valence-corrected chi connectivity index (χ4v) is 7.47. The van der Waals surface area contributed by atoms with Gasteiger partial charge in [0.15, 0.2) is 0 Å². The normalized spacial score (nSPS) is 22.1. The van der Waals surface area contributed by atoms with E-state index < -0.39 is 6.23 Å². The lowest BCUT2D eigenvalue weighted by atomic mass is 9.89. The van der Waals surface area contributed by atoms with Crippen LogP contribution in [-0.2, 0) is 11.2 Å². The van der Waals surface area contributed by atoms with Crippen molar-refractivity contribution in [3.05, 3.63) is 94.5 Å². The predicted molar refractivity (Wildman–Crippen MR) is 175 cm³/mol. The molecule has 1 saturated heterocycles. The number of likely N-dealkylation sites (tertiary alicyclic amines) is 1. The number of fused-ring (bicyclic) bond motifs is 2. The van der Waals surface area contributed by atoms with Gasteiger partial charge in [-0.1, -0.05) is 60.1 Å². The maximum atomic E-state index is 14.7. The van der Waals surface area contributed by atoms with Crippen LogP contribution in [0.1, 0.15) is 48.1 Å². The molecule has 3 aromatic rings. The number of aliphatic hydroxyl groups is 1. The summed E-state index contributed by atoms with van der Waals surface area (Å²) in [5.74, 6) is 0.731. The van der Waals surface area contributed by atoms with Crippen molar-refractivity contribution in [1.82, 2.24) is 15.1 Å². The van der Waals surface area contributed by atoms with Crippen LogP contribution in [0.4, 0.5) is 11.4 Å². The summed E-state index contributed by atoms with van der Waals surface area (Å²) in [6.07, 6.45) is 2.79. The molecule has 0 bridgehead atoms. The molecule has 4 atom stereocenters. The number of halogens is 1. The number of hydrogen-bond acceptors (Lipinski definition) is 6. The number of aliphatic hydroxyl groups excluding tert-OH is 1. The van der Waals surface area contributed by atoms with Gasteiger partial charge in [0.25, 0.3) is 0 Å². The summed E-state index contributed by atoms with van der Waals surface area (Å²) < 4.78 is 0. The van der Waals surface area contributed by atoms with Crippen molar-refractivity contribution >= 4 is 28.9 Å². The van der Waals surface area contributed by atoms with Crippen LogP contribution >= 0.6 is 11.6 Å². The largest absolute Gasteiger partial charge is 0.384 e. The fraction of sp³-hybridized carbons (Fsp3) is 0.457. The summed E-state index contributed by atoms with van der Waals surface area (Å²) in [6.45, 7) is 4.00. The van der Waals surface area contributed by atoms with Crippen molar-refractivity contribution in [3.63, 3.8) is 0 Å². The zero-order valence-electron chi connectivity index (χ0n) is 25.3. The second-order valence-electron chi connectivity index (χ2n) is 12.8. The molecule has 3 aliphatic heterocycles. The fourth-order valence-electron chi connectivity index (χ4n) is 7.27. The van der Waals surface area contributed by atoms with E-state index in [2.05, 4.69) is 58.8 Å². The number of carbonyl (C=O) groups excluding carboxylic acids is 1. The zero-order chi connectivity index (χ0) is 29.9. The van der Waals surface area contributed by atoms with Crippen molar-refractivity contribution < 1.29 is 9.90 Å². The number of anilines is 2. The highest BCUT2D eigenvalue weighted by Gasteiger charge is 2.37. The van der Waals surface area contributed by atoms with Gasteiger partial charge < -0.3 is 25.5 Å². The minimum Gasteiger partial charge on any atom is -0.384 e. The monoisotopic (exact) mass is 601 g/mol. The van der Waals surface area contributed by atoms with Crippen LogP contribution in [-0.4, -0.2) is 79.7 Å². The predicted octanol–water partition coefficient (Wildman–Crippen LogP) is 5.12. The summed E-state index contributed by atoms with van der Waals surface area (Å²) in [6, 6.07) is 24.2. The van der Waals surface area contributed by atoms with Gasteiger partial charge in [-0.15, -0.1) is 0 Å². The minimum absolute atomic E-state index is 0.142. The van der Waals surface area contributed by atoms with Crippen molar-refractivity contribution in [2.24, 2.45) is 5.92 Å². The van der Waals surface area contributed by atoms with Crippen LogP contribution in [0.3, 0.4) is 0 Å². The Balaban J connectivity index is 1.22. The van der Waals surface area contributed by atoms with Crippen LogP contribution in [0, 0.1) is 5.92 Å². The highest BCUT2D eigenvalue weighted by atomic mass is 35.5. The molecule has 0 spiro atoms. The van der Waals surface area contributed by atoms with E-state index in [1.165, 1.54) is 11.3 Å². The molecule has 1 amide bonds. The Hall–Kier alpha value is -2.94. The Kier molecular flexibility index (Phi) is 9.36. The van der Waals surface area contributed by atoms with Gasteiger partial charge in [-0.05, 0) is 86.7 Å². The molecule has 2 unspecified atom stereocenters. The quantitative estimate of drug-likeness (QED) is 0.316. The molecule has 3 N–H and O–H groups in total. The SMILES string of the molecule is CN(C)C[C@H]1Cc2cc(Cl)ccc2N(C(=O)[C@@H](CC2CNc3ccccc32)NC2CCN(C(O)c3ccccc3)CC2)C1. The van der Waals surface area contributed by atoms with Crippen molar-refractivity contribution in [3.8, 4) is 0 Å². The molecule has 7 nitrogen and oxygen atoms in total. The Morgan fingerprint density at radius 3 is 2.58 bits per heavy atom. The first-order chi connectivity index (χ1) is 20.9. The second-order valence-corrected chi connectivity index (χ2v) is 13.2. The lowest BCUT2D eigenvalue weighted by Crippen LogP contribution is -2.55. The Morgan fingerprint density at radius 2 is 1.81 bits per heavy atom. The number of rotatable bonds is 9. The molecule has 3 aromatic carbocycles. The van der Waals surface area contributed by atoms with Gasteiger partial charge in [0.2, 0.25) is 5.91 Å². The summed E-state index contributed by atoms with van der Waals surface area (Å²) in [7, 11) is 4.19. The number of piperidine rings is 1. The van der Waals surface area contributed by atoms with Crippen LogP contribution in [0.25, 0.3) is 0 Å². The summed E-state index contributed by atoms with van der Waals surface area (Å²) in [5.41, 5.74) is 5.52. The Morgan fingerprint density at radius 1 is 1.07 bits per heavy atom. The summed E-state index contributed by atoms with van der Waals surface area (Å²) in [5, 5.41) is 19.1. The average molecular weight is 602 g/mol. The van der Waals surface area contributed by atoms with E-state index in [0.29, 0.717) is 17.5 Å². The molecule has 6 rings (SSSR count). The van der Waals surface area contributed by atoms with E-state index >= 15 is 0 Å². The number of nitrogens with one attached hydrogen (secondary N) is 2. The van der Waals surface area contributed by atoms with E-state index in [-0.39, 0.29) is 23.9 Å². The molecule has 1 fully saturated rings. The van der Waals surface area contributed by atoms with Crippen molar-refractivity contribution in [1.29, 1.82) is 0 Å². The van der Waals surface area contributed by atoms with Gasteiger partial charge in [0, 0.05) is 61.1 Å². The molecule has 228 valence electrons. The van der Waals surface area contributed by atoms with Crippen LogP contribution < -0.4 is 15.5 Å². The van der Waals surface area contributed by atoms with Gasteiger partial charge in [-0.2, -0.15) is 0 Å². The smallest absolute Gasteiger partial charge is 0.244 e. The van der Waals surface area contributed by atoms with E-state index in [0.717, 1.165) is 68.7 Å². The van der Waals surface area contributed by atoms with Gasteiger partial charge >= 0.3 is 0 Å². The van der Waals surface area contributed by atoms with Crippen LogP contribution in [0.2, 0.25) is 5.02 Å². The number of amides is 1. The third-order valence-corrected chi connectivity index (χ3v) is 9.57. The molecule has 8 heteroatoms. The van der Waals surface area contributed by atoms with Crippen LogP contribution in [0.5, 0.6) is 0 Å². The molecular weight excluding hydrogens is 558 g/mol. The van der Waals surface area contributed by atoms with Crippen molar-refractivity contribution in [2.75, 3.05) is 57.0 Å². The highest BCUT2D eigenvalue weighted by molar-refractivity contribution is 6.30. The Bertz CT molecular complexity index is 1390. The second kappa shape index (κ2) is 13.4. The van der Waals surface area contributed by atoms with E-state index in [9.17, 15) is 9.90 Å². The first kappa shape index (κ1) is 30.1.